The van der Waals surface area contributed by atoms with Crippen molar-refractivity contribution >= 4 is 62.2 Å². The van der Waals surface area contributed by atoms with Crippen LogP contribution in [-0.2, 0) is 27.8 Å². The maximum atomic E-state index is 12.2. The first kappa shape index (κ1) is 28.9. The van der Waals surface area contributed by atoms with E-state index < -0.39 is 0 Å². The van der Waals surface area contributed by atoms with E-state index in [0.717, 1.165) is 84.1 Å². The summed E-state index contributed by atoms with van der Waals surface area (Å²) in [5.74, 6) is 0.00460. The molecule has 0 fully saturated rings. The maximum Gasteiger partial charge on any atom is 0.305 e. The molecule has 2 aliphatic heterocycles. The average molecular weight is 599 g/mol. The molecule has 8 bridgehead atoms. The monoisotopic (exact) mass is 598 g/mol. The number of methoxy groups -OCH3 is 1. The third-order valence-corrected chi connectivity index (χ3v) is 11.0. The second-order valence-electron chi connectivity index (χ2n) is 12.2. The van der Waals surface area contributed by atoms with Gasteiger partial charge in [-0.2, -0.15) is 0 Å². The Labute approximate surface area is 257 Å². The number of esters is 1. The number of hydrogen-bond acceptors (Lipinski definition) is 6. The van der Waals surface area contributed by atoms with Gasteiger partial charge in [0.1, 0.15) is 0 Å². The van der Waals surface area contributed by atoms with Gasteiger partial charge in [0, 0.05) is 68.3 Å². The number of hydrogen-bond donors (Lipinski definition) is 2. The van der Waals surface area contributed by atoms with Crippen LogP contribution in [0, 0.1) is 13.8 Å². The van der Waals surface area contributed by atoms with Crippen molar-refractivity contribution in [3.05, 3.63) is 68.8 Å². The number of H-pyrrole nitrogens is 2. The topological polar surface area (TPSA) is 83.7 Å². The van der Waals surface area contributed by atoms with Gasteiger partial charge >= 0.3 is 5.97 Å². The fourth-order valence-corrected chi connectivity index (χ4v) is 7.78. The fraction of sp³-hybridized carbons (Fsp3) is 0.441. The molecule has 8 heteroatoms. The Hall–Kier alpha value is -3.23. The molecule has 6 nitrogen and oxygen atoms in total. The van der Waals surface area contributed by atoms with Crippen molar-refractivity contribution in [2.75, 3.05) is 7.11 Å². The van der Waals surface area contributed by atoms with Gasteiger partial charge in [-0.25, -0.2) is 0 Å². The molecule has 5 heterocycles. The second kappa shape index (κ2) is 10.5. The number of ether oxygens (including phenoxy) is 1. The van der Waals surface area contributed by atoms with Gasteiger partial charge in [-0.3, -0.25) is 14.8 Å². The number of nitrogens with one attached hydrogen (secondary N) is 2. The predicted octanol–water partition coefficient (Wildman–Crippen LogP) is 7.69. The highest BCUT2D eigenvalue weighted by molar-refractivity contribution is 7.81. The summed E-state index contributed by atoms with van der Waals surface area (Å²) in [6.45, 7) is 13.1. The number of rotatable bonds is 5. The molecule has 218 valence electrons. The van der Waals surface area contributed by atoms with Crippen molar-refractivity contribution in [2.24, 2.45) is 0 Å². The summed E-state index contributed by atoms with van der Waals surface area (Å²) in [6.07, 6.45) is 3.43. The maximum absolute atomic E-state index is 12.2. The molecule has 3 aromatic heterocycles. The zero-order valence-corrected chi connectivity index (χ0v) is 27.1. The Balaban J connectivity index is 1.74. The SMILES string of the molecule is CCc1c(C)c2cc3nc(c4c5[nH]c(cc6nc(cc1[nH]2)C(C)(CC)C6=S)c(C)c5C(=S)C4)[C@@H](CCC(=O)OC)[C@@H]3C. The van der Waals surface area contributed by atoms with E-state index in [-0.39, 0.29) is 23.2 Å². The number of aromatic nitrogens is 4. The first-order valence-electron chi connectivity index (χ1n) is 14.9. The van der Waals surface area contributed by atoms with E-state index in [1.807, 2.05) is 0 Å². The zero-order valence-electron chi connectivity index (χ0n) is 25.4. The van der Waals surface area contributed by atoms with E-state index in [1.54, 1.807) is 0 Å². The van der Waals surface area contributed by atoms with Gasteiger partial charge in [0.05, 0.1) is 34.6 Å². The lowest BCUT2D eigenvalue weighted by molar-refractivity contribution is -0.140. The standard InChI is InChI=1S/C34H38N4O2S2/c1-8-19-16(3)22-13-23-17(4)20(10-11-29(39)40-7)31(37-23)21-12-27(41)30-18(5)24(38-32(21)30)14-26-33(42)34(6,9-2)28(36-26)15-25(19)35-22/h13-15,17,20,35,38H,8-12H2,1-7H3/t17-,20-,34?/m0/s1. The van der Waals surface area contributed by atoms with E-state index in [0.29, 0.717) is 19.3 Å². The van der Waals surface area contributed by atoms with Gasteiger partial charge in [0.15, 0.2) is 0 Å². The van der Waals surface area contributed by atoms with Crippen molar-refractivity contribution < 1.29 is 9.53 Å². The molecule has 6 rings (SSSR count). The highest BCUT2D eigenvalue weighted by Gasteiger charge is 2.38. The van der Waals surface area contributed by atoms with Crippen molar-refractivity contribution in [2.45, 2.75) is 90.9 Å². The summed E-state index contributed by atoms with van der Waals surface area (Å²) < 4.78 is 5.00. The Morgan fingerprint density at radius 2 is 1.81 bits per heavy atom. The number of aromatic amines is 2. The summed E-state index contributed by atoms with van der Waals surface area (Å²) in [5.41, 5.74) is 13.5. The average Bonchev–Trinajstić information content (AvgIpc) is 3.71. The molecule has 1 unspecified atom stereocenters. The lowest BCUT2D eigenvalue weighted by Crippen LogP contribution is -2.26. The first-order valence-corrected chi connectivity index (χ1v) is 15.7. The number of aryl methyl sites for hydroxylation is 3. The van der Waals surface area contributed by atoms with E-state index in [2.05, 4.69) is 69.7 Å². The van der Waals surface area contributed by atoms with Gasteiger partial charge in [-0.05, 0) is 74.9 Å². The van der Waals surface area contributed by atoms with Gasteiger partial charge in [-0.15, -0.1) is 0 Å². The Kier molecular flexibility index (Phi) is 7.21. The molecule has 3 aromatic rings. The van der Waals surface area contributed by atoms with E-state index in [9.17, 15) is 4.79 Å². The molecule has 0 spiro atoms. The van der Waals surface area contributed by atoms with Gasteiger partial charge in [0.25, 0.3) is 0 Å². The minimum atomic E-state index is -0.334. The van der Waals surface area contributed by atoms with Crippen LogP contribution < -0.4 is 0 Å². The molecule has 3 atom stereocenters. The highest BCUT2D eigenvalue weighted by atomic mass is 32.1. The third kappa shape index (κ3) is 4.29. The first-order chi connectivity index (χ1) is 20.0. The number of carbonyl (C=O) groups excluding carboxylic acids is 1. The number of nitrogens with zero attached hydrogens (tertiary/aromatic N) is 2. The van der Waals surface area contributed by atoms with Crippen molar-refractivity contribution in [1.82, 2.24) is 19.9 Å². The molecule has 0 amide bonds. The Morgan fingerprint density at radius 3 is 2.50 bits per heavy atom. The number of carbonyl (C=O) groups is 1. The summed E-state index contributed by atoms with van der Waals surface area (Å²) in [7, 11) is 1.45. The number of thiocarbonyl (C=S) groups is 2. The molecule has 2 N–H and O–H groups in total. The molecular weight excluding hydrogens is 561 g/mol. The lowest BCUT2D eigenvalue weighted by Gasteiger charge is -2.21. The molecule has 0 saturated heterocycles. The van der Waals surface area contributed by atoms with Crippen LogP contribution in [-0.4, -0.2) is 42.7 Å². The van der Waals surface area contributed by atoms with Crippen LogP contribution >= 0.6 is 24.4 Å². The smallest absolute Gasteiger partial charge is 0.305 e. The Morgan fingerprint density at radius 1 is 1.07 bits per heavy atom. The van der Waals surface area contributed by atoms with Crippen LogP contribution in [0.3, 0.4) is 0 Å². The molecule has 3 aliphatic rings. The van der Waals surface area contributed by atoms with Crippen molar-refractivity contribution in [3.63, 3.8) is 0 Å². The molecule has 0 radical (unpaired) electrons. The van der Waals surface area contributed by atoms with E-state index >= 15 is 0 Å². The summed E-state index contributed by atoms with van der Waals surface area (Å²) in [4.78, 5) is 31.9. The summed E-state index contributed by atoms with van der Waals surface area (Å²) in [5, 5.41) is 0. The minimum absolute atomic E-state index is 0.0755. The van der Waals surface area contributed by atoms with Crippen LogP contribution in [0.15, 0.2) is 18.2 Å². The molecular formula is C34H38N4O2S2. The molecule has 0 aromatic carbocycles. The van der Waals surface area contributed by atoms with Crippen molar-refractivity contribution in [1.29, 1.82) is 0 Å². The molecule has 1 aliphatic carbocycles. The summed E-state index contributed by atoms with van der Waals surface area (Å²) >= 11 is 12.1. The normalized spacial score (nSPS) is 21.3. The fourth-order valence-electron chi connectivity index (χ4n) is 7.03. The zero-order chi connectivity index (χ0) is 30.1. The quantitative estimate of drug-likeness (QED) is 0.231. The number of fused-ring (bicyclic) bond motifs is 8. The van der Waals surface area contributed by atoms with Crippen LogP contribution in [0.5, 0.6) is 0 Å². The largest absolute Gasteiger partial charge is 0.469 e. The molecule has 0 saturated carbocycles. The molecule has 42 heavy (non-hydrogen) atoms. The van der Waals surface area contributed by atoms with E-state index in [4.69, 9.17) is 39.1 Å². The lowest BCUT2D eigenvalue weighted by atomic mass is 9.81. The van der Waals surface area contributed by atoms with Gasteiger partial charge < -0.3 is 14.7 Å². The van der Waals surface area contributed by atoms with Crippen LogP contribution in [0.2, 0.25) is 0 Å². The summed E-state index contributed by atoms with van der Waals surface area (Å²) in [6, 6.07) is 6.50. The minimum Gasteiger partial charge on any atom is -0.469 e. The third-order valence-electron chi connectivity index (χ3n) is 9.98. The second-order valence-corrected chi connectivity index (χ2v) is 13.1. The van der Waals surface area contributed by atoms with Gasteiger partial charge in [-0.1, -0.05) is 45.2 Å². The Bertz CT molecular complexity index is 1850. The van der Waals surface area contributed by atoms with Crippen LogP contribution in [0.25, 0.3) is 22.1 Å². The van der Waals surface area contributed by atoms with Crippen molar-refractivity contribution in [3.8, 4) is 0 Å². The van der Waals surface area contributed by atoms with Crippen LogP contribution in [0.4, 0.5) is 0 Å². The van der Waals surface area contributed by atoms with E-state index in [1.165, 1.54) is 18.2 Å². The predicted molar refractivity (Wildman–Crippen MR) is 177 cm³/mol. The van der Waals surface area contributed by atoms with Crippen LogP contribution in [0.1, 0.15) is 109 Å². The highest BCUT2D eigenvalue weighted by Crippen LogP contribution is 2.44. The van der Waals surface area contributed by atoms with Gasteiger partial charge in [0.2, 0.25) is 0 Å².